The molecule has 0 saturated carbocycles. The van der Waals surface area contributed by atoms with Crippen molar-refractivity contribution in [2.24, 2.45) is 0 Å². The van der Waals surface area contributed by atoms with Crippen LogP contribution in [0.3, 0.4) is 0 Å². The van der Waals surface area contributed by atoms with Gasteiger partial charge in [0.05, 0.1) is 0 Å². The first-order chi connectivity index (χ1) is 11.6. The van der Waals surface area contributed by atoms with Crippen LogP contribution in [-0.2, 0) is 0 Å². The largest absolute Gasteiger partial charge is 0.360 e. The van der Waals surface area contributed by atoms with Crippen LogP contribution in [0.2, 0.25) is 0 Å². The monoisotopic (exact) mass is 321 g/mol. The van der Waals surface area contributed by atoms with E-state index in [0.29, 0.717) is 28.4 Å². The average Bonchev–Trinajstić information content (AvgIpc) is 3.00. The van der Waals surface area contributed by atoms with E-state index in [-0.39, 0.29) is 11.8 Å². The molecule has 24 heavy (non-hydrogen) atoms. The van der Waals surface area contributed by atoms with E-state index in [4.69, 9.17) is 4.52 Å². The van der Waals surface area contributed by atoms with E-state index in [1.54, 1.807) is 49.4 Å². The molecule has 0 radical (unpaired) electrons. The van der Waals surface area contributed by atoms with Crippen LogP contribution in [-0.4, -0.2) is 17.0 Å². The summed E-state index contributed by atoms with van der Waals surface area (Å²) in [7, 11) is 0. The van der Waals surface area contributed by atoms with Gasteiger partial charge < -0.3 is 15.2 Å². The Bertz CT molecular complexity index is 855. The number of benzene rings is 2. The summed E-state index contributed by atoms with van der Waals surface area (Å²) in [5.41, 5.74) is 1.60. The van der Waals surface area contributed by atoms with Crippen molar-refractivity contribution in [2.75, 3.05) is 10.6 Å². The normalized spacial score (nSPS) is 10.2. The molecule has 120 valence electrons. The van der Waals surface area contributed by atoms with E-state index in [9.17, 15) is 9.59 Å². The van der Waals surface area contributed by atoms with Gasteiger partial charge >= 0.3 is 0 Å². The second-order valence-corrected chi connectivity index (χ2v) is 5.17. The predicted molar refractivity (Wildman–Crippen MR) is 90.0 cm³/mol. The van der Waals surface area contributed by atoms with Crippen molar-refractivity contribution in [3.05, 3.63) is 77.6 Å². The Morgan fingerprint density at radius 3 is 2.00 bits per heavy atom. The molecule has 0 bridgehead atoms. The molecule has 0 aliphatic rings. The molecule has 0 aliphatic heterocycles. The third-order valence-electron chi connectivity index (χ3n) is 3.31. The number of carbonyl (C=O) groups is 2. The second-order valence-electron chi connectivity index (χ2n) is 5.17. The molecule has 0 fully saturated rings. The highest BCUT2D eigenvalue weighted by Gasteiger charge is 2.11. The highest BCUT2D eigenvalue weighted by atomic mass is 16.5. The van der Waals surface area contributed by atoms with Gasteiger partial charge in [0.25, 0.3) is 11.8 Å². The SMILES string of the molecule is Cc1cc(NC(=O)c2ccc(C(=O)Nc3ccccc3)cc2)no1. The van der Waals surface area contributed by atoms with Crippen molar-refractivity contribution in [3.8, 4) is 0 Å². The summed E-state index contributed by atoms with van der Waals surface area (Å²) >= 11 is 0. The van der Waals surface area contributed by atoms with Crippen LogP contribution >= 0.6 is 0 Å². The second kappa shape index (κ2) is 6.78. The lowest BCUT2D eigenvalue weighted by Gasteiger charge is -2.06. The predicted octanol–water partition coefficient (Wildman–Crippen LogP) is 3.49. The third kappa shape index (κ3) is 3.67. The van der Waals surface area contributed by atoms with Gasteiger partial charge in [0.2, 0.25) is 0 Å². The maximum atomic E-state index is 12.2. The van der Waals surface area contributed by atoms with Crippen LogP contribution in [0.15, 0.2) is 65.2 Å². The van der Waals surface area contributed by atoms with Crippen molar-refractivity contribution in [1.82, 2.24) is 5.16 Å². The lowest BCUT2D eigenvalue weighted by molar-refractivity contribution is 0.101. The van der Waals surface area contributed by atoms with Gasteiger partial charge in [0.1, 0.15) is 5.76 Å². The van der Waals surface area contributed by atoms with E-state index >= 15 is 0 Å². The fourth-order valence-corrected chi connectivity index (χ4v) is 2.11. The van der Waals surface area contributed by atoms with Gasteiger partial charge in [-0.15, -0.1) is 0 Å². The van der Waals surface area contributed by atoms with Gasteiger partial charge in [-0.2, -0.15) is 0 Å². The number of carbonyl (C=O) groups excluding carboxylic acids is 2. The Balaban J connectivity index is 1.66. The molecule has 0 unspecified atom stereocenters. The van der Waals surface area contributed by atoms with Gasteiger partial charge in [-0.25, -0.2) is 0 Å². The number of aryl methyl sites for hydroxylation is 1. The Morgan fingerprint density at radius 2 is 1.46 bits per heavy atom. The number of anilines is 2. The van der Waals surface area contributed by atoms with Gasteiger partial charge in [-0.1, -0.05) is 23.4 Å². The molecule has 6 nitrogen and oxygen atoms in total. The van der Waals surface area contributed by atoms with Crippen LogP contribution < -0.4 is 10.6 Å². The number of aromatic nitrogens is 1. The van der Waals surface area contributed by atoms with E-state index in [2.05, 4.69) is 15.8 Å². The van der Waals surface area contributed by atoms with Gasteiger partial charge in [0.15, 0.2) is 5.82 Å². The Morgan fingerprint density at radius 1 is 0.875 bits per heavy atom. The highest BCUT2D eigenvalue weighted by molar-refractivity contribution is 6.06. The zero-order chi connectivity index (χ0) is 16.9. The average molecular weight is 321 g/mol. The first-order valence-electron chi connectivity index (χ1n) is 7.33. The molecule has 0 saturated heterocycles. The van der Waals surface area contributed by atoms with Gasteiger partial charge in [-0.3, -0.25) is 9.59 Å². The molecule has 1 aromatic heterocycles. The Hall–Kier alpha value is -3.41. The Kier molecular flexibility index (Phi) is 4.38. The minimum Gasteiger partial charge on any atom is -0.360 e. The minimum absolute atomic E-state index is 0.236. The molecule has 0 spiro atoms. The quantitative estimate of drug-likeness (QED) is 0.770. The van der Waals surface area contributed by atoms with E-state index in [0.717, 1.165) is 0 Å². The molecule has 2 amide bonds. The molecule has 0 atom stereocenters. The third-order valence-corrected chi connectivity index (χ3v) is 3.31. The number of amides is 2. The fraction of sp³-hybridized carbons (Fsp3) is 0.0556. The summed E-state index contributed by atoms with van der Waals surface area (Å²) in [5.74, 6) is 0.403. The number of nitrogens with one attached hydrogen (secondary N) is 2. The van der Waals surface area contributed by atoms with Crippen LogP contribution in [0.4, 0.5) is 11.5 Å². The zero-order valence-corrected chi connectivity index (χ0v) is 12.9. The summed E-state index contributed by atoms with van der Waals surface area (Å²) in [6.07, 6.45) is 0. The van der Waals surface area contributed by atoms with E-state index in [1.165, 1.54) is 0 Å². The molecular weight excluding hydrogens is 306 g/mol. The smallest absolute Gasteiger partial charge is 0.256 e. The summed E-state index contributed by atoms with van der Waals surface area (Å²) in [4.78, 5) is 24.3. The lowest BCUT2D eigenvalue weighted by atomic mass is 10.1. The number of hydrogen-bond donors (Lipinski definition) is 2. The van der Waals surface area contributed by atoms with Crippen LogP contribution in [0.25, 0.3) is 0 Å². The van der Waals surface area contributed by atoms with Crippen molar-refractivity contribution < 1.29 is 14.1 Å². The van der Waals surface area contributed by atoms with Crippen molar-refractivity contribution >= 4 is 23.3 Å². The molecule has 1 heterocycles. The lowest BCUT2D eigenvalue weighted by Crippen LogP contribution is -2.14. The number of nitrogens with zero attached hydrogens (tertiary/aromatic N) is 1. The Labute approximate surface area is 138 Å². The van der Waals surface area contributed by atoms with Crippen LogP contribution in [0.5, 0.6) is 0 Å². The molecule has 6 heteroatoms. The maximum Gasteiger partial charge on any atom is 0.256 e. The van der Waals surface area contributed by atoms with Crippen LogP contribution in [0.1, 0.15) is 26.5 Å². The van der Waals surface area contributed by atoms with Crippen molar-refractivity contribution in [2.45, 2.75) is 6.92 Å². The van der Waals surface area contributed by atoms with E-state index < -0.39 is 0 Å². The fourth-order valence-electron chi connectivity index (χ4n) is 2.11. The summed E-state index contributed by atoms with van der Waals surface area (Å²) in [6, 6.07) is 17.2. The topological polar surface area (TPSA) is 84.2 Å². The minimum atomic E-state index is -0.321. The summed E-state index contributed by atoms with van der Waals surface area (Å²) in [6.45, 7) is 1.74. The first-order valence-corrected chi connectivity index (χ1v) is 7.33. The van der Waals surface area contributed by atoms with Crippen molar-refractivity contribution in [3.63, 3.8) is 0 Å². The zero-order valence-electron chi connectivity index (χ0n) is 12.9. The standard InChI is InChI=1S/C18H15N3O3/c1-12-11-16(21-24-12)20-18(23)14-9-7-13(8-10-14)17(22)19-15-5-3-2-4-6-15/h2-11H,1H3,(H,19,22)(H,20,21,23). The molecule has 2 aromatic carbocycles. The first kappa shape index (κ1) is 15.5. The van der Waals surface area contributed by atoms with Crippen molar-refractivity contribution in [1.29, 1.82) is 0 Å². The molecule has 3 rings (SSSR count). The molecule has 2 N–H and O–H groups in total. The summed E-state index contributed by atoms with van der Waals surface area (Å²) < 4.78 is 4.89. The highest BCUT2D eigenvalue weighted by Crippen LogP contribution is 2.12. The molecule has 0 aliphatic carbocycles. The summed E-state index contributed by atoms with van der Waals surface area (Å²) in [5, 5.41) is 9.11. The number of hydrogen-bond acceptors (Lipinski definition) is 4. The van der Waals surface area contributed by atoms with Gasteiger partial charge in [0, 0.05) is 22.9 Å². The molecular formula is C18H15N3O3. The molecule has 3 aromatic rings. The number of para-hydroxylation sites is 1. The van der Waals surface area contributed by atoms with Crippen LogP contribution in [0, 0.1) is 6.92 Å². The van der Waals surface area contributed by atoms with Gasteiger partial charge in [-0.05, 0) is 43.3 Å². The van der Waals surface area contributed by atoms with E-state index in [1.807, 2.05) is 18.2 Å². The number of rotatable bonds is 4. The maximum absolute atomic E-state index is 12.2.